The normalized spacial score (nSPS) is 28.0. The molecule has 0 radical (unpaired) electrons. The predicted octanol–water partition coefficient (Wildman–Crippen LogP) is 3.52. The fourth-order valence-corrected chi connectivity index (χ4v) is 3.51. The van der Waals surface area contributed by atoms with Crippen LogP contribution in [0.5, 0.6) is 0 Å². The van der Waals surface area contributed by atoms with E-state index in [0.717, 1.165) is 12.5 Å². The van der Waals surface area contributed by atoms with Crippen LogP contribution in [0.4, 0.5) is 0 Å². The summed E-state index contributed by atoms with van der Waals surface area (Å²) in [5.41, 5.74) is 0.434. The Labute approximate surface area is 115 Å². The van der Waals surface area contributed by atoms with E-state index in [2.05, 4.69) is 51.9 Å². The zero-order valence-corrected chi connectivity index (χ0v) is 13.4. The van der Waals surface area contributed by atoms with Crippen molar-refractivity contribution in [1.29, 1.82) is 0 Å². The van der Waals surface area contributed by atoms with Gasteiger partial charge in [0.05, 0.1) is 0 Å². The number of hydrogen-bond acceptors (Lipinski definition) is 2. The van der Waals surface area contributed by atoms with Crippen LogP contribution in [0.3, 0.4) is 0 Å². The van der Waals surface area contributed by atoms with Gasteiger partial charge in [-0.15, -0.1) is 0 Å². The molecule has 0 saturated heterocycles. The second-order valence-corrected chi connectivity index (χ2v) is 7.21. The Hall–Kier alpha value is -0.0800. The van der Waals surface area contributed by atoms with E-state index in [0.29, 0.717) is 17.5 Å². The third kappa shape index (κ3) is 4.24. The summed E-state index contributed by atoms with van der Waals surface area (Å²) in [6.07, 6.45) is 5.33. The molecule has 1 fully saturated rings. The molecule has 1 aliphatic carbocycles. The van der Waals surface area contributed by atoms with Crippen LogP contribution in [0.25, 0.3) is 0 Å². The molecule has 2 unspecified atom stereocenters. The molecule has 0 heterocycles. The first-order valence-electron chi connectivity index (χ1n) is 7.82. The molecule has 1 aliphatic rings. The summed E-state index contributed by atoms with van der Waals surface area (Å²) >= 11 is 0. The fourth-order valence-electron chi connectivity index (χ4n) is 3.51. The van der Waals surface area contributed by atoms with Gasteiger partial charge in [0.2, 0.25) is 0 Å². The lowest BCUT2D eigenvalue weighted by molar-refractivity contribution is 0.0571. The highest BCUT2D eigenvalue weighted by Crippen LogP contribution is 2.37. The van der Waals surface area contributed by atoms with Crippen LogP contribution in [-0.2, 0) is 0 Å². The highest BCUT2D eigenvalue weighted by Gasteiger charge is 2.40. The Morgan fingerprint density at radius 1 is 1.33 bits per heavy atom. The zero-order valence-electron chi connectivity index (χ0n) is 13.4. The molecule has 2 heteroatoms. The Balaban J connectivity index is 2.71. The van der Waals surface area contributed by atoms with E-state index in [1.807, 2.05) is 0 Å². The molecule has 0 spiro atoms. The first-order valence-corrected chi connectivity index (χ1v) is 7.82. The lowest BCUT2D eigenvalue weighted by Crippen LogP contribution is -2.58. The summed E-state index contributed by atoms with van der Waals surface area (Å²) < 4.78 is 0. The highest BCUT2D eigenvalue weighted by molar-refractivity contribution is 4.97. The van der Waals surface area contributed by atoms with Gasteiger partial charge in [0.1, 0.15) is 0 Å². The molecule has 0 aromatic rings. The second-order valence-electron chi connectivity index (χ2n) is 7.21. The van der Waals surface area contributed by atoms with Gasteiger partial charge < -0.3 is 10.2 Å². The van der Waals surface area contributed by atoms with E-state index in [1.165, 1.54) is 32.2 Å². The fraction of sp³-hybridized carbons (Fsp3) is 1.00. The van der Waals surface area contributed by atoms with Crippen molar-refractivity contribution < 1.29 is 0 Å². The maximum absolute atomic E-state index is 3.82. The van der Waals surface area contributed by atoms with Crippen LogP contribution in [0, 0.1) is 11.3 Å². The van der Waals surface area contributed by atoms with E-state index in [1.54, 1.807) is 0 Å². The largest absolute Gasteiger partial charge is 0.312 e. The van der Waals surface area contributed by atoms with Crippen LogP contribution in [-0.4, -0.2) is 37.1 Å². The topological polar surface area (TPSA) is 15.3 Å². The standard InChI is InChI=1S/C16H34N2/c1-7-11-17-15-14(18(6)12-13(2)3)9-8-10-16(15,4)5/h13-15,17H,7-12H2,1-6H3. The van der Waals surface area contributed by atoms with Gasteiger partial charge in [-0.2, -0.15) is 0 Å². The molecule has 2 atom stereocenters. The van der Waals surface area contributed by atoms with E-state index >= 15 is 0 Å². The molecular formula is C16H34N2. The lowest BCUT2D eigenvalue weighted by Gasteiger charge is -2.48. The molecule has 2 nitrogen and oxygen atoms in total. The maximum atomic E-state index is 3.82. The molecule has 0 aliphatic heterocycles. The van der Waals surface area contributed by atoms with Crippen molar-refractivity contribution in [3.05, 3.63) is 0 Å². The quantitative estimate of drug-likeness (QED) is 0.780. The van der Waals surface area contributed by atoms with Gasteiger partial charge in [-0.05, 0) is 44.2 Å². The van der Waals surface area contributed by atoms with Crippen LogP contribution in [0.15, 0.2) is 0 Å². The monoisotopic (exact) mass is 254 g/mol. The number of nitrogens with zero attached hydrogens (tertiary/aromatic N) is 1. The number of hydrogen-bond donors (Lipinski definition) is 1. The van der Waals surface area contributed by atoms with Crippen molar-refractivity contribution in [3.63, 3.8) is 0 Å². The SMILES string of the molecule is CCCNC1C(N(C)CC(C)C)CCCC1(C)C. The lowest BCUT2D eigenvalue weighted by atomic mass is 9.70. The predicted molar refractivity (Wildman–Crippen MR) is 81.0 cm³/mol. The summed E-state index contributed by atoms with van der Waals surface area (Å²) in [4.78, 5) is 2.60. The van der Waals surface area contributed by atoms with Crippen LogP contribution in [0.1, 0.15) is 60.3 Å². The molecule has 0 bridgehead atoms. The summed E-state index contributed by atoms with van der Waals surface area (Å²) in [6.45, 7) is 14.1. The van der Waals surface area contributed by atoms with Gasteiger partial charge in [-0.1, -0.05) is 41.0 Å². The second kappa shape index (κ2) is 6.91. The van der Waals surface area contributed by atoms with Crippen molar-refractivity contribution in [2.45, 2.75) is 72.4 Å². The number of likely N-dealkylation sites (N-methyl/N-ethyl adjacent to an activating group) is 1. The zero-order chi connectivity index (χ0) is 13.8. The van der Waals surface area contributed by atoms with Gasteiger partial charge >= 0.3 is 0 Å². The highest BCUT2D eigenvalue weighted by atomic mass is 15.2. The van der Waals surface area contributed by atoms with Gasteiger partial charge in [0.15, 0.2) is 0 Å². The van der Waals surface area contributed by atoms with E-state index in [-0.39, 0.29) is 0 Å². The molecule has 1 rings (SSSR count). The summed E-state index contributed by atoms with van der Waals surface area (Å²) in [5.74, 6) is 0.756. The molecule has 1 saturated carbocycles. The first kappa shape index (κ1) is 16.0. The minimum Gasteiger partial charge on any atom is -0.312 e. The van der Waals surface area contributed by atoms with E-state index in [4.69, 9.17) is 0 Å². The molecule has 18 heavy (non-hydrogen) atoms. The Morgan fingerprint density at radius 2 is 2.00 bits per heavy atom. The molecule has 1 N–H and O–H groups in total. The number of nitrogens with one attached hydrogen (secondary N) is 1. The van der Waals surface area contributed by atoms with Crippen molar-refractivity contribution in [1.82, 2.24) is 10.2 Å². The third-order valence-electron chi connectivity index (χ3n) is 4.38. The average molecular weight is 254 g/mol. The smallest absolute Gasteiger partial charge is 0.0274 e. The summed E-state index contributed by atoms with van der Waals surface area (Å²) in [5, 5.41) is 3.82. The van der Waals surface area contributed by atoms with Crippen molar-refractivity contribution in [2.24, 2.45) is 11.3 Å². The van der Waals surface area contributed by atoms with Crippen molar-refractivity contribution in [2.75, 3.05) is 20.1 Å². The Kier molecular flexibility index (Phi) is 6.13. The molecule has 0 aromatic heterocycles. The number of rotatable bonds is 6. The van der Waals surface area contributed by atoms with Crippen LogP contribution < -0.4 is 5.32 Å². The van der Waals surface area contributed by atoms with Crippen molar-refractivity contribution >= 4 is 0 Å². The molecule has 0 aromatic carbocycles. The average Bonchev–Trinajstić information content (AvgIpc) is 2.25. The van der Waals surface area contributed by atoms with Gasteiger partial charge in [0, 0.05) is 18.6 Å². The minimum atomic E-state index is 0.434. The van der Waals surface area contributed by atoms with E-state index in [9.17, 15) is 0 Å². The van der Waals surface area contributed by atoms with Gasteiger partial charge in [-0.3, -0.25) is 0 Å². The summed E-state index contributed by atoms with van der Waals surface area (Å²) in [7, 11) is 2.31. The Morgan fingerprint density at radius 3 is 2.56 bits per heavy atom. The van der Waals surface area contributed by atoms with Crippen LogP contribution in [0.2, 0.25) is 0 Å². The van der Waals surface area contributed by atoms with Crippen molar-refractivity contribution in [3.8, 4) is 0 Å². The van der Waals surface area contributed by atoms with E-state index < -0.39 is 0 Å². The molecule has 0 amide bonds. The molecule has 108 valence electrons. The van der Waals surface area contributed by atoms with Gasteiger partial charge in [0.25, 0.3) is 0 Å². The third-order valence-corrected chi connectivity index (χ3v) is 4.38. The Bertz CT molecular complexity index is 235. The molecular weight excluding hydrogens is 220 g/mol. The maximum Gasteiger partial charge on any atom is 0.0274 e. The first-order chi connectivity index (χ1) is 8.38. The summed E-state index contributed by atoms with van der Waals surface area (Å²) in [6, 6.07) is 1.36. The van der Waals surface area contributed by atoms with Crippen LogP contribution >= 0.6 is 0 Å². The van der Waals surface area contributed by atoms with Gasteiger partial charge in [-0.25, -0.2) is 0 Å². The minimum absolute atomic E-state index is 0.434.